The van der Waals surface area contributed by atoms with Crippen LogP contribution in [0.25, 0.3) is 0 Å². The number of ether oxygens (including phenoxy) is 1. The lowest BCUT2D eigenvalue weighted by Crippen LogP contribution is -2.39. The minimum Gasteiger partial charge on any atom is -0.495 e. The molecule has 3 aromatic rings. The molecule has 3 rings (SSSR count). The summed E-state index contributed by atoms with van der Waals surface area (Å²) in [7, 11) is 1.51. The Balaban J connectivity index is 1.70. The van der Waals surface area contributed by atoms with E-state index < -0.39 is 11.8 Å². The number of carbonyl (C=O) groups is 2. The number of para-hydroxylation sites is 2. The highest BCUT2D eigenvalue weighted by atomic mass is 32.1. The number of aryl methyl sites for hydroxylation is 2. The fourth-order valence-corrected chi connectivity index (χ4v) is 3.76. The lowest BCUT2D eigenvalue weighted by Gasteiger charge is -2.19. The highest BCUT2D eigenvalue weighted by molar-refractivity contribution is 7.10. The third-order valence-electron chi connectivity index (χ3n) is 4.23. The predicted octanol–water partition coefficient (Wildman–Crippen LogP) is 2.91. The van der Waals surface area contributed by atoms with Crippen molar-refractivity contribution < 1.29 is 14.3 Å². The lowest BCUT2D eigenvalue weighted by atomic mass is 10.2. The van der Waals surface area contributed by atoms with E-state index in [-0.39, 0.29) is 12.6 Å². The van der Waals surface area contributed by atoms with Crippen LogP contribution in [-0.4, -0.2) is 35.2 Å². The Hall–Kier alpha value is -3.13. The first-order valence-electron chi connectivity index (χ1n) is 8.78. The van der Waals surface area contributed by atoms with Crippen LogP contribution in [-0.2, 0) is 9.59 Å². The maximum atomic E-state index is 12.4. The van der Waals surface area contributed by atoms with Crippen molar-refractivity contribution in [2.24, 2.45) is 0 Å². The molecule has 0 aliphatic carbocycles. The van der Waals surface area contributed by atoms with Gasteiger partial charge in [0.25, 0.3) is 0 Å². The fourth-order valence-electron chi connectivity index (χ4n) is 2.95. The Kier molecular flexibility index (Phi) is 6.10. The molecule has 1 unspecified atom stereocenters. The quantitative estimate of drug-likeness (QED) is 0.625. The average molecular weight is 398 g/mol. The van der Waals surface area contributed by atoms with Crippen LogP contribution in [0.4, 0.5) is 5.69 Å². The molecule has 0 spiro atoms. The zero-order chi connectivity index (χ0) is 20.1. The van der Waals surface area contributed by atoms with Crippen molar-refractivity contribution in [2.45, 2.75) is 19.9 Å². The molecule has 0 saturated carbocycles. The number of nitrogens with zero attached hydrogens (tertiary/aromatic N) is 2. The number of nitrogens with one attached hydrogen (secondary N) is 2. The maximum absolute atomic E-state index is 12.4. The Bertz CT molecular complexity index is 966. The highest BCUT2D eigenvalue weighted by Gasteiger charge is 2.22. The molecule has 0 radical (unpaired) electrons. The van der Waals surface area contributed by atoms with E-state index in [9.17, 15) is 9.59 Å². The summed E-state index contributed by atoms with van der Waals surface area (Å²) in [6.45, 7) is 4.14. The van der Waals surface area contributed by atoms with E-state index in [1.807, 2.05) is 42.1 Å². The molecule has 2 aromatic heterocycles. The largest absolute Gasteiger partial charge is 0.495 e. The third-order valence-corrected chi connectivity index (χ3v) is 5.20. The lowest BCUT2D eigenvalue weighted by molar-refractivity contribution is -0.136. The Morgan fingerprint density at radius 2 is 1.96 bits per heavy atom. The zero-order valence-corrected chi connectivity index (χ0v) is 16.7. The first kappa shape index (κ1) is 19.6. The predicted molar refractivity (Wildman–Crippen MR) is 109 cm³/mol. The Morgan fingerprint density at radius 3 is 2.61 bits per heavy atom. The summed E-state index contributed by atoms with van der Waals surface area (Å²) in [5.74, 6) is -0.973. The number of hydrogen-bond acceptors (Lipinski definition) is 5. The van der Waals surface area contributed by atoms with Crippen molar-refractivity contribution in [1.82, 2.24) is 15.1 Å². The molecule has 1 aromatic carbocycles. The normalized spacial score (nSPS) is 11.7. The number of amides is 2. The molecule has 2 amide bonds. The topological polar surface area (TPSA) is 85.2 Å². The van der Waals surface area contributed by atoms with E-state index in [0.29, 0.717) is 11.4 Å². The molecular formula is C20H22N4O3S. The molecule has 1 atom stereocenters. The number of anilines is 1. The van der Waals surface area contributed by atoms with Crippen LogP contribution in [0.2, 0.25) is 0 Å². The standard InChI is InChI=1S/C20H22N4O3S/c1-13-11-14(2)24(23-13)16(18-9-6-10-28-18)12-21-19(25)20(26)22-15-7-4-5-8-17(15)27-3/h4-11,16H,12H2,1-3H3,(H,21,25)(H,22,26). The van der Waals surface area contributed by atoms with E-state index >= 15 is 0 Å². The monoisotopic (exact) mass is 398 g/mol. The van der Waals surface area contributed by atoms with Gasteiger partial charge in [-0.05, 0) is 43.5 Å². The number of thiophene rings is 1. The summed E-state index contributed by atoms with van der Waals surface area (Å²) in [5, 5.41) is 11.8. The summed E-state index contributed by atoms with van der Waals surface area (Å²) >= 11 is 1.58. The van der Waals surface area contributed by atoms with Gasteiger partial charge in [0, 0.05) is 17.1 Å². The average Bonchev–Trinajstić information content (AvgIpc) is 3.32. The van der Waals surface area contributed by atoms with Gasteiger partial charge >= 0.3 is 11.8 Å². The van der Waals surface area contributed by atoms with Crippen molar-refractivity contribution >= 4 is 28.8 Å². The second-order valence-corrected chi connectivity index (χ2v) is 7.25. The maximum Gasteiger partial charge on any atom is 0.313 e. The summed E-state index contributed by atoms with van der Waals surface area (Å²) in [6.07, 6.45) is 0. The fraction of sp³-hybridized carbons (Fsp3) is 0.250. The minimum absolute atomic E-state index is 0.184. The second kappa shape index (κ2) is 8.71. The molecule has 2 N–H and O–H groups in total. The third kappa shape index (κ3) is 4.40. The van der Waals surface area contributed by atoms with Crippen molar-refractivity contribution in [2.75, 3.05) is 19.0 Å². The number of hydrogen-bond donors (Lipinski definition) is 2. The molecule has 146 valence electrons. The number of carbonyl (C=O) groups excluding carboxylic acids is 2. The summed E-state index contributed by atoms with van der Waals surface area (Å²) in [6, 6.07) is 12.7. The minimum atomic E-state index is -0.747. The SMILES string of the molecule is COc1ccccc1NC(=O)C(=O)NCC(c1cccs1)n1nc(C)cc1C. The van der Waals surface area contributed by atoms with Gasteiger partial charge in [0.15, 0.2) is 0 Å². The first-order chi connectivity index (χ1) is 13.5. The summed E-state index contributed by atoms with van der Waals surface area (Å²) in [5.41, 5.74) is 2.33. The molecule has 0 fully saturated rings. The van der Waals surface area contributed by atoms with E-state index in [1.165, 1.54) is 7.11 Å². The Morgan fingerprint density at radius 1 is 1.18 bits per heavy atom. The smallest absolute Gasteiger partial charge is 0.313 e. The van der Waals surface area contributed by atoms with E-state index in [0.717, 1.165) is 16.3 Å². The zero-order valence-electron chi connectivity index (χ0n) is 15.9. The van der Waals surface area contributed by atoms with Gasteiger partial charge in [-0.2, -0.15) is 5.10 Å². The van der Waals surface area contributed by atoms with Crippen molar-refractivity contribution in [1.29, 1.82) is 0 Å². The van der Waals surface area contributed by atoms with Gasteiger partial charge in [-0.3, -0.25) is 14.3 Å². The molecular weight excluding hydrogens is 376 g/mol. The second-order valence-electron chi connectivity index (χ2n) is 6.27. The molecule has 7 nitrogen and oxygen atoms in total. The Labute approximate surface area is 167 Å². The number of aromatic nitrogens is 2. The van der Waals surface area contributed by atoms with Gasteiger partial charge in [-0.25, -0.2) is 0 Å². The van der Waals surface area contributed by atoms with Crippen molar-refractivity contribution in [3.8, 4) is 5.75 Å². The van der Waals surface area contributed by atoms with Gasteiger partial charge in [0.05, 0.1) is 18.5 Å². The van der Waals surface area contributed by atoms with E-state index in [4.69, 9.17) is 4.74 Å². The van der Waals surface area contributed by atoms with Crippen LogP contribution < -0.4 is 15.4 Å². The molecule has 0 aliphatic rings. The van der Waals surface area contributed by atoms with Gasteiger partial charge < -0.3 is 15.4 Å². The van der Waals surface area contributed by atoms with Crippen LogP contribution in [0.5, 0.6) is 5.75 Å². The van der Waals surface area contributed by atoms with Crippen LogP contribution in [0.3, 0.4) is 0 Å². The summed E-state index contributed by atoms with van der Waals surface area (Å²) < 4.78 is 7.06. The molecule has 2 heterocycles. The van der Waals surface area contributed by atoms with Crippen LogP contribution >= 0.6 is 11.3 Å². The number of rotatable bonds is 6. The van der Waals surface area contributed by atoms with Crippen molar-refractivity contribution in [3.05, 3.63) is 64.1 Å². The van der Waals surface area contributed by atoms with E-state index in [2.05, 4.69) is 15.7 Å². The van der Waals surface area contributed by atoms with Crippen LogP contribution in [0.15, 0.2) is 47.8 Å². The van der Waals surface area contributed by atoms with E-state index in [1.54, 1.807) is 35.6 Å². The van der Waals surface area contributed by atoms with Gasteiger partial charge in [0.2, 0.25) is 0 Å². The molecule has 0 saturated heterocycles. The number of methoxy groups -OCH3 is 1. The molecule has 8 heteroatoms. The highest BCUT2D eigenvalue weighted by Crippen LogP contribution is 2.25. The first-order valence-corrected chi connectivity index (χ1v) is 9.66. The molecule has 28 heavy (non-hydrogen) atoms. The summed E-state index contributed by atoms with van der Waals surface area (Å²) in [4.78, 5) is 25.7. The number of benzene rings is 1. The molecule has 0 bridgehead atoms. The van der Waals surface area contributed by atoms with Gasteiger partial charge in [0.1, 0.15) is 11.8 Å². The van der Waals surface area contributed by atoms with Crippen LogP contribution in [0, 0.1) is 13.8 Å². The van der Waals surface area contributed by atoms with Gasteiger partial charge in [-0.15, -0.1) is 11.3 Å². The van der Waals surface area contributed by atoms with Crippen LogP contribution in [0.1, 0.15) is 22.3 Å². The van der Waals surface area contributed by atoms with Gasteiger partial charge in [-0.1, -0.05) is 18.2 Å². The molecule has 0 aliphatic heterocycles. The van der Waals surface area contributed by atoms with Crippen molar-refractivity contribution in [3.63, 3.8) is 0 Å².